The largest absolute Gasteiger partial charge is 0.484 e. The van der Waals surface area contributed by atoms with E-state index in [1.54, 1.807) is 11.6 Å². The third-order valence-electron chi connectivity index (χ3n) is 2.83. The van der Waals surface area contributed by atoms with Crippen LogP contribution in [-0.4, -0.2) is 15.7 Å². The van der Waals surface area contributed by atoms with Gasteiger partial charge < -0.3 is 10.5 Å². The van der Waals surface area contributed by atoms with Crippen LogP contribution >= 0.6 is 0 Å². The Hall–Kier alpha value is -2.30. The number of carbonyl (C=O) groups excluding carboxylic acids is 1. The smallest absolute Gasteiger partial charge is 0.270 e. The second-order valence-corrected chi connectivity index (χ2v) is 4.22. The molecule has 100 valence electrons. The van der Waals surface area contributed by atoms with Crippen molar-refractivity contribution in [1.29, 1.82) is 0 Å². The van der Waals surface area contributed by atoms with Crippen molar-refractivity contribution in [2.75, 3.05) is 0 Å². The minimum Gasteiger partial charge on any atom is -0.484 e. The summed E-state index contributed by atoms with van der Waals surface area (Å²) in [5, 5.41) is 4.25. The number of primary amides is 1. The summed E-state index contributed by atoms with van der Waals surface area (Å²) >= 11 is 0. The second-order valence-electron chi connectivity index (χ2n) is 4.22. The number of carbonyl (C=O) groups is 1. The maximum Gasteiger partial charge on any atom is 0.270 e. The van der Waals surface area contributed by atoms with Crippen molar-refractivity contribution in [3.05, 3.63) is 47.3 Å². The zero-order valence-corrected chi connectivity index (χ0v) is 11.1. The average Bonchev–Trinajstić information content (AvgIpc) is 2.74. The van der Waals surface area contributed by atoms with E-state index in [2.05, 4.69) is 5.10 Å². The second kappa shape index (κ2) is 5.56. The third kappa shape index (κ3) is 2.76. The van der Waals surface area contributed by atoms with Crippen LogP contribution in [0.3, 0.4) is 0 Å². The Balaban J connectivity index is 2.25. The molecule has 19 heavy (non-hydrogen) atoms. The lowest BCUT2D eigenvalue weighted by Gasteiger charge is -2.07. The van der Waals surface area contributed by atoms with Crippen molar-refractivity contribution in [2.24, 2.45) is 5.73 Å². The molecule has 0 unspecified atom stereocenters. The van der Waals surface area contributed by atoms with Crippen LogP contribution in [0.25, 0.3) is 0 Å². The van der Waals surface area contributed by atoms with Crippen LogP contribution in [-0.2, 0) is 13.2 Å². The molecule has 0 radical (unpaired) electrons. The molecule has 2 N–H and O–H groups in total. The fourth-order valence-electron chi connectivity index (χ4n) is 1.94. The molecule has 5 nitrogen and oxygen atoms in total. The van der Waals surface area contributed by atoms with Gasteiger partial charge in [0.15, 0.2) is 11.4 Å². The molecule has 2 rings (SSSR count). The molecule has 2 aromatic rings. The molecule has 0 bridgehead atoms. The van der Waals surface area contributed by atoms with E-state index >= 15 is 0 Å². The third-order valence-corrected chi connectivity index (χ3v) is 2.83. The number of hydrogen-bond acceptors (Lipinski definition) is 3. The maximum atomic E-state index is 11.5. The van der Waals surface area contributed by atoms with E-state index in [0.717, 1.165) is 5.56 Å². The Kier molecular flexibility index (Phi) is 3.85. The minimum atomic E-state index is -0.523. The first-order valence-electron chi connectivity index (χ1n) is 6.17. The topological polar surface area (TPSA) is 70.1 Å². The van der Waals surface area contributed by atoms with Crippen molar-refractivity contribution in [1.82, 2.24) is 9.78 Å². The molecule has 1 heterocycles. The highest BCUT2D eigenvalue weighted by molar-refractivity contribution is 5.94. The monoisotopic (exact) mass is 259 g/mol. The molecule has 0 aliphatic rings. The highest BCUT2D eigenvalue weighted by atomic mass is 16.5. The Labute approximate surface area is 112 Å². The van der Waals surface area contributed by atoms with Crippen LogP contribution in [0.4, 0.5) is 0 Å². The molecule has 0 aliphatic carbocycles. The minimum absolute atomic E-state index is 0.330. The van der Waals surface area contributed by atoms with E-state index in [1.165, 1.54) is 0 Å². The molecule has 1 amide bonds. The van der Waals surface area contributed by atoms with Gasteiger partial charge in [-0.2, -0.15) is 5.10 Å². The lowest BCUT2D eigenvalue weighted by atomic mass is 10.2. The average molecular weight is 259 g/mol. The van der Waals surface area contributed by atoms with E-state index in [-0.39, 0.29) is 0 Å². The molecule has 0 saturated carbocycles. The van der Waals surface area contributed by atoms with E-state index in [0.29, 0.717) is 30.3 Å². The molecule has 0 atom stereocenters. The molecular formula is C14H17N3O2. The predicted octanol–water partition coefficient (Wildman–Crippen LogP) is 1.89. The van der Waals surface area contributed by atoms with Crippen molar-refractivity contribution < 1.29 is 9.53 Å². The first kappa shape index (κ1) is 13.1. The van der Waals surface area contributed by atoms with Crippen LogP contribution in [0.15, 0.2) is 30.3 Å². The zero-order valence-electron chi connectivity index (χ0n) is 11.1. The zero-order chi connectivity index (χ0) is 13.8. The maximum absolute atomic E-state index is 11.5. The van der Waals surface area contributed by atoms with Gasteiger partial charge in [-0.05, 0) is 19.4 Å². The first-order valence-corrected chi connectivity index (χ1v) is 6.17. The van der Waals surface area contributed by atoms with Crippen LogP contribution in [0.1, 0.15) is 28.7 Å². The van der Waals surface area contributed by atoms with Crippen molar-refractivity contribution in [3.63, 3.8) is 0 Å². The summed E-state index contributed by atoms with van der Waals surface area (Å²) < 4.78 is 7.28. The molecule has 0 saturated heterocycles. The Morgan fingerprint density at radius 2 is 2.05 bits per heavy atom. The number of ether oxygens (including phenoxy) is 1. The van der Waals surface area contributed by atoms with E-state index in [9.17, 15) is 4.79 Å². The first-order chi connectivity index (χ1) is 9.13. The summed E-state index contributed by atoms with van der Waals surface area (Å²) in [6, 6.07) is 9.75. The van der Waals surface area contributed by atoms with Crippen molar-refractivity contribution in [2.45, 2.75) is 27.0 Å². The van der Waals surface area contributed by atoms with E-state index < -0.39 is 5.91 Å². The number of rotatable bonds is 5. The van der Waals surface area contributed by atoms with Crippen LogP contribution in [0.2, 0.25) is 0 Å². The summed E-state index contributed by atoms with van der Waals surface area (Å²) in [6.45, 7) is 4.67. The summed E-state index contributed by atoms with van der Waals surface area (Å²) in [5.41, 5.74) is 7.43. The summed E-state index contributed by atoms with van der Waals surface area (Å²) in [7, 11) is 0. The molecular weight excluding hydrogens is 242 g/mol. The quantitative estimate of drug-likeness (QED) is 0.891. The number of nitrogens with two attached hydrogens (primary N) is 1. The van der Waals surface area contributed by atoms with Gasteiger partial charge in [0.25, 0.3) is 5.91 Å². The molecule has 5 heteroatoms. The summed E-state index contributed by atoms with van der Waals surface area (Å²) in [6.07, 6.45) is 0. The number of amides is 1. The van der Waals surface area contributed by atoms with Crippen LogP contribution in [0.5, 0.6) is 5.75 Å². The number of hydrogen-bond donors (Lipinski definition) is 1. The van der Waals surface area contributed by atoms with Crippen molar-refractivity contribution >= 4 is 5.91 Å². The molecule has 0 spiro atoms. The molecule has 1 aromatic carbocycles. The van der Waals surface area contributed by atoms with Gasteiger partial charge in [-0.1, -0.05) is 30.3 Å². The SMILES string of the molecule is CCn1nc(C)c(OCc2ccccc2)c1C(N)=O. The lowest BCUT2D eigenvalue weighted by Crippen LogP contribution is -2.18. The predicted molar refractivity (Wildman–Crippen MR) is 71.9 cm³/mol. The summed E-state index contributed by atoms with van der Waals surface area (Å²) in [4.78, 5) is 11.5. The van der Waals surface area contributed by atoms with Crippen LogP contribution in [0, 0.1) is 6.92 Å². The van der Waals surface area contributed by atoms with Gasteiger partial charge in [0.05, 0.1) is 0 Å². The van der Waals surface area contributed by atoms with E-state index in [4.69, 9.17) is 10.5 Å². The highest BCUT2D eigenvalue weighted by Gasteiger charge is 2.20. The normalized spacial score (nSPS) is 10.4. The number of benzene rings is 1. The van der Waals surface area contributed by atoms with Crippen LogP contribution < -0.4 is 10.5 Å². The lowest BCUT2D eigenvalue weighted by molar-refractivity contribution is 0.0985. The van der Waals surface area contributed by atoms with Gasteiger partial charge in [-0.3, -0.25) is 9.48 Å². The molecule has 0 fully saturated rings. The van der Waals surface area contributed by atoms with Gasteiger partial charge >= 0.3 is 0 Å². The fourth-order valence-corrected chi connectivity index (χ4v) is 1.94. The van der Waals surface area contributed by atoms with Gasteiger partial charge in [0.2, 0.25) is 0 Å². The van der Waals surface area contributed by atoms with Gasteiger partial charge in [0, 0.05) is 6.54 Å². The molecule has 1 aromatic heterocycles. The van der Waals surface area contributed by atoms with Gasteiger partial charge in [-0.15, -0.1) is 0 Å². The molecule has 0 aliphatic heterocycles. The van der Waals surface area contributed by atoms with Crippen molar-refractivity contribution in [3.8, 4) is 5.75 Å². The Morgan fingerprint density at radius 1 is 1.37 bits per heavy atom. The summed E-state index contributed by atoms with van der Waals surface area (Å²) in [5.74, 6) is -0.0521. The fraction of sp³-hybridized carbons (Fsp3) is 0.286. The van der Waals surface area contributed by atoms with E-state index in [1.807, 2.05) is 37.3 Å². The number of aryl methyl sites for hydroxylation is 2. The number of aromatic nitrogens is 2. The highest BCUT2D eigenvalue weighted by Crippen LogP contribution is 2.24. The Bertz CT molecular complexity index is 576. The van der Waals surface area contributed by atoms with Gasteiger partial charge in [-0.25, -0.2) is 0 Å². The number of nitrogens with zero attached hydrogens (tertiary/aromatic N) is 2. The van der Waals surface area contributed by atoms with Gasteiger partial charge in [0.1, 0.15) is 12.3 Å². The standard InChI is InChI=1S/C14H17N3O2/c1-3-17-12(14(15)18)13(10(2)16-17)19-9-11-7-5-4-6-8-11/h4-8H,3,9H2,1-2H3,(H2,15,18). The Morgan fingerprint density at radius 3 is 2.63 bits per heavy atom.